The lowest BCUT2D eigenvalue weighted by Crippen LogP contribution is -2.00. The molecule has 1 aromatic heterocycles. The quantitative estimate of drug-likeness (QED) is 0.806. The second kappa shape index (κ2) is 3.38. The van der Waals surface area contributed by atoms with Crippen LogP contribution in [-0.4, -0.2) is 20.9 Å². The third kappa shape index (κ3) is 1.58. The van der Waals surface area contributed by atoms with Gasteiger partial charge >= 0.3 is 5.97 Å². The molecule has 0 fully saturated rings. The molecule has 2 rings (SSSR count). The first-order valence-electron chi connectivity index (χ1n) is 4.72. The Hall–Kier alpha value is -1.84. The fraction of sp³-hybridized carbons (Fsp3) is 0.273. The average molecular weight is 204 g/mol. The number of aromatic nitrogens is 2. The first-order valence-corrected chi connectivity index (χ1v) is 4.72. The minimum Gasteiger partial charge on any atom is -0.481 e. The Balaban J connectivity index is 2.68. The van der Waals surface area contributed by atoms with Gasteiger partial charge in [-0.25, -0.2) is 0 Å². The summed E-state index contributed by atoms with van der Waals surface area (Å²) in [5.41, 5.74) is 2.68. The highest BCUT2D eigenvalue weighted by molar-refractivity contribution is 5.88. The van der Waals surface area contributed by atoms with Gasteiger partial charge in [0.25, 0.3) is 0 Å². The van der Waals surface area contributed by atoms with Gasteiger partial charge in [-0.1, -0.05) is 12.1 Å². The van der Waals surface area contributed by atoms with Crippen LogP contribution in [0.5, 0.6) is 0 Å². The molecule has 4 heteroatoms. The lowest BCUT2D eigenvalue weighted by molar-refractivity contribution is -0.136. The number of aryl methyl sites for hydroxylation is 2. The summed E-state index contributed by atoms with van der Waals surface area (Å²) in [4.78, 5) is 10.7. The molecular formula is C11H12N2O2. The highest BCUT2D eigenvalue weighted by Gasteiger charge is 2.11. The summed E-state index contributed by atoms with van der Waals surface area (Å²) < 4.78 is 1.77. The normalized spacial score (nSPS) is 10.8. The molecular weight excluding hydrogens is 192 g/mol. The number of carboxylic acids is 1. The zero-order chi connectivity index (χ0) is 11.0. The van der Waals surface area contributed by atoms with Gasteiger partial charge in [0, 0.05) is 18.1 Å². The number of aliphatic carboxylic acids is 1. The van der Waals surface area contributed by atoms with Crippen LogP contribution in [0.15, 0.2) is 18.2 Å². The molecule has 1 heterocycles. The van der Waals surface area contributed by atoms with Crippen LogP contribution < -0.4 is 0 Å². The van der Waals surface area contributed by atoms with Crippen molar-refractivity contribution in [1.82, 2.24) is 9.78 Å². The zero-order valence-corrected chi connectivity index (χ0v) is 8.69. The van der Waals surface area contributed by atoms with E-state index in [9.17, 15) is 4.79 Å². The summed E-state index contributed by atoms with van der Waals surface area (Å²) in [6.45, 7) is 1.95. The molecule has 0 spiro atoms. The van der Waals surface area contributed by atoms with Gasteiger partial charge in [-0.2, -0.15) is 5.10 Å². The van der Waals surface area contributed by atoms with Crippen LogP contribution >= 0.6 is 0 Å². The van der Waals surface area contributed by atoms with E-state index in [1.54, 1.807) is 4.68 Å². The molecule has 0 saturated heterocycles. The zero-order valence-electron chi connectivity index (χ0n) is 8.69. The number of fused-ring (bicyclic) bond motifs is 1. The van der Waals surface area contributed by atoms with Crippen molar-refractivity contribution in [2.45, 2.75) is 13.3 Å². The van der Waals surface area contributed by atoms with Gasteiger partial charge in [0.1, 0.15) is 0 Å². The Morgan fingerprint density at radius 1 is 1.53 bits per heavy atom. The lowest BCUT2D eigenvalue weighted by atomic mass is 10.1. The molecule has 1 N–H and O–H groups in total. The molecule has 78 valence electrons. The highest BCUT2D eigenvalue weighted by atomic mass is 16.4. The van der Waals surface area contributed by atoms with Gasteiger partial charge in [0.15, 0.2) is 0 Å². The maximum atomic E-state index is 10.7. The van der Waals surface area contributed by atoms with Crippen LogP contribution in [0.1, 0.15) is 11.3 Å². The molecule has 0 amide bonds. The van der Waals surface area contributed by atoms with Crippen LogP contribution in [-0.2, 0) is 18.3 Å². The van der Waals surface area contributed by atoms with Crippen LogP contribution in [0.2, 0.25) is 0 Å². The molecule has 1 aromatic carbocycles. The van der Waals surface area contributed by atoms with E-state index in [2.05, 4.69) is 5.10 Å². The van der Waals surface area contributed by atoms with Gasteiger partial charge < -0.3 is 5.11 Å². The topological polar surface area (TPSA) is 55.1 Å². The fourth-order valence-electron chi connectivity index (χ4n) is 1.80. The van der Waals surface area contributed by atoms with Crippen molar-refractivity contribution in [3.63, 3.8) is 0 Å². The molecule has 0 unspecified atom stereocenters. The van der Waals surface area contributed by atoms with Crippen LogP contribution in [0, 0.1) is 6.92 Å². The Bertz CT molecular complexity index is 529. The van der Waals surface area contributed by atoms with E-state index in [-0.39, 0.29) is 6.42 Å². The van der Waals surface area contributed by atoms with E-state index in [1.165, 1.54) is 0 Å². The van der Waals surface area contributed by atoms with E-state index < -0.39 is 5.97 Å². The predicted molar refractivity (Wildman–Crippen MR) is 56.8 cm³/mol. The Morgan fingerprint density at radius 2 is 2.27 bits per heavy atom. The van der Waals surface area contributed by atoms with Crippen LogP contribution in [0.3, 0.4) is 0 Å². The summed E-state index contributed by atoms with van der Waals surface area (Å²) in [6.07, 6.45) is 0.0455. The number of benzene rings is 1. The predicted octanol–water partition coefficient (Wildman–Crippen LogP) is 1.51. The lowest BCUT2D eigenvalue weighted by Gasteiger charge is -2.00. The smallest absolute Gasteiger partial charge is 0.307 e. The minimum absolute atomic E-state index is 0.0455. The number of nitrogens with zero attached hydrogens (tertiary/aromatic N) is 2. The van der Waals surface area contributed by atoms with Crippen molar-refractivity contribution in [3.8, 4) is 0 Å². The highest BCUT2D eigenvalue weighted by Crippen LogP contribution is 2.21. The van der Waals surface area contributed by atoms with Gasteiger partial charge in [0.2, 0.25) is 0 Å². The average Bonchev–Trinajstić information content (AvgIpc) is 2.43. The molecule has 0 bridgehead atoms. The van der Waals surface area contributed by atoms with Crippen LogP contribution in [0.4, 0.5) is 0 Å². The monoisotopic (exact) mass is 204 g/mol. The van der Waals surface area contributed by atoms with Crippen molar-refractivity contribution in [1.29, 1.82) is 0 Å². The van der Waals surface area contributed by atoms with E-state index >= 15 is 0 Å². The largest absolute Gasteiger partial charge is 0.481 e. The molecule has 0 radical (unpaired) electrons. The van der Waals surface area contributed by atoms with Crippen molar-refractivity contribution in [2.24, 2.45) is 7.05 Å². The number of carbonyl (C=O) groups is 1. The molecule has 15 heavy (non-hydrogen) atoms. The SMILES string of the molecule is Cc1c2c(CC(=O)O)cccc2nn1C. The third-order valence-electron chi connectivity index (χ3n) is 2.58. The maximum absolute atomic E-state index is 10.7. The molecule has 0 aliphatic rings. The Labute approximate surface area is 87.1 Å². The minimum atomic E-state index is -0.814. The van der Waals surface area contributed by atoms with Gasteiger partial charge in [-0.05, 0) is 18.6 Å². The molecule has 0 aliphatic carbocycles. The van der Waals surface area contributed by atoms with E-state index in [0.717, 1.165) is 22.2 Å². The summed E-state index contributed by atoms with van der Waals surface area (Å²) in [6, 6.07) is 5.58. The standard InChI is InChI=1S/C11H12N2O2/c1-7-11-8(6-10(14)15)4-3-5-9(11)12-13(7)2/h3-5H,6H2,1-2H3,(H,14,15). The van der Waals surface area contributed by atoms with Crippen molar-refractivity contribution < 1.29 is 9.90 Å². The van der Waals surface area contributed by atoms with Crippen molar-refractivity contribution in [2.75, 3.05) is 0 Å². The Kier molecular flexibility index (Phi) is 2.19. The number of hydrogen-bond donors (Lipinski definition) is 1. The summed E-state index contributed by atoms with van der Waals surface area (Å²) in [5.74, 6) is -0.814. The van der Waals surface area contributed by atoms with E-state index in [0.29, 0.717) is 0 Å². The molecule has 2 aromatic rings. The first kappa shape index (κ1) is 9.71. The third-order valence-corrected chi connectivity index (χ3v) is 2.58. The van der Waals surface area contributed by atoms with Crippen molar-refractivity contribution >= 4 is 16.9 Å². The summed E-state index contributed by atoms with van der Waals surface area (Å²) in [7, 11) is 1.86. The number of hydrogen-bond acceptors (Lipinski definition) is 2. The number of carboxylic acid groups (broad SMARTS) is 1. The Morgan fingerprint density at radius 3 is 2.93 bits per heavy atom. The molecule has 0 saturated carbocycles. The maximum Gasteiger partial charge on any atom is 0.307 e. The summed E-state index contributed by atoms with van der Waals surface area (Å²) in [5, 5.41) is 14.1. The second-order valence-electron chi connectivity index (χ2n) is 3.59. The second-order valence-corrected chi connectivity index (χ2v) is 3.59. The fourth-order valence-corrected chi connectivity index (χ4v) is 1.80. The first-order chi connectivity index (χ1) is 7.09. The van der Waals surface area contributed by atoms with E-state index in [4.69, 9.17) is 5.11 Å². The van der Waals surface area contributed by atoms with Gasteiger partial charge in [0.05, 0.1) is 11.9 Å². The molecule has 0 aliphatic heterocycles. The molecule has 4 nitrogen and oxygen atoms in total. The van der Waals surface area contributed by atoms with Crippen LogP contribution in [0.25, 0.3) is 10.9 Å². The van der Waals surface area contributed by atoms with Crippen molar-refractivity contribution in [3.05, 3.63) is 29.5 Å². The van der Waals surface area contributed by atoms with Gasteiger partial charge in [-0.15, -0.1) is 0 Å². The number of rotatable bonds is 2. The van der Waals surface area contributed by atoms with E-state index in [1.807, 2.05) is 32.2 Å². The van der Waals surface area contributed by atoms with Gasteiger partial charge in [-0.3, -0.25) is 9.48 Å². The summed E-state index contributed by atoms with van der Waals surface area (Å²) >= 11 is 0. The molecule has 0 atom stereocenters.